The average Bonchev–Trinajstić information content (AvgIpc) is 2.66. The molecule has 0 radical (unpaired) electrons. The van der Waals surface area contributed by atoms with Crippen LogP contribution in [-0.2, 0) is 26.2 Å². The van der Waals surface area contributed by atoms with E-state index in [9.17, 15) is 13.2 Å². The quantitative estimate of drug-likeness (QED) is 0.544. The summed E-state index contributed by atoms with van der Waals surface area (Å²) in [5, 5.41) is 3.34. The molecule has 0 spiro atoms. The highest BCUT2D eigenvalue weighted by molar-refractivity contribution is 7.92. The summed E-state index contributed by atoms with van der Waals surface area (Å²) in [4.78, 5) is 12.0. The number of carbonyl (C=O) groups is 1. The van der Waals surface area contributed by atoms with Gasteiger partial charge in [-0.1, -0.05) is 41.9 Å². The van der Waals surface area contributed by atoms with Crippen LogP contribution in [0.4, 0.5) is 5.69 Å². The highest BCUT2D eigenvalue weighted by Crippen LogP contribution is 2.25. The van der Waals surface area contributed by atoms with Gasteiger partial charge in [-0.3, -0.25) is 9.10 Å². The molecule has 0 heterocycles. The van der Waals surface area contributed by atoms with Crippen LogP contribution in [0.2, 0.25) is 5.02 Å². The fourth-order valence-corrected chi connectivity index (χ4v) is 4.11. The van der Waals surface area contributed by atoms with Gasteiger partial charge in [0, 0.05) is 24.5 Å². The Hall–Kier alpha value is -2.09. The lowest BCUT2D eigenvalue weighted by molar-refractivity contribution is -0.121. The number of aryl methyl sites for hydroxylation is 1. The maximum atomic E-state index is 12.2. The van der Waals surface area contributed by atoms with Gasteiger partial charge in [-0.2, -0.15) is 0 Å². The molecule has 0 bridgehead atoms. The average molecular weight is 439 g/mol. The van der Waals surface area contributed by atoms with E-state index in [4.69, 9.17) is 16.3 Å². The second kappa shape index (κ2) is 11.2. The monoisotopic (exact) mass is 438 g/mol. The van der Waals surface area contributed by atoms with Gasteiger partial charge in [0.2, 0.25) is 15.9 Å². The standard InChI is InChI=1S/C21H27ClN2O4S/c1-17-15-19(22)10-11-20(17)24(29(2,26)27)13-6-9-21(25)23-12-14-28-16-18-7-4-3-5-8-18/h3-5,7-8,10-11,15H,6,9,12-14,16H2,1-2H3,(H,23,25). The first-order valence-corrected chi connectivity index (χ1v) is 11.6. The summed E-state index contributed by atoms with van der Waals surface area (Å²) in [6.07, 6.45) is 1.80. The van der Waals surface area contributed by atoms with Gasteiger partial charge in [-0.05, 0) is 42.7 Å². The highest BCUT2D eigenvalue weighted by atomic mass is 35.5. The summed E-state index contributed by atoms with van der Waals surface area (Å²) < 4.78 is 31.2. The molecule has 0 aliphatic rings. The third kappa shape index (κ3) is 8.04. The zero-order valence-electron chi connectivity index (χ0n) is 16.7. The van der Waals surface area contributed by atoms with Crippen molar-refractivity contribution in [1.29, 1.82) is 0 Å². The van der Waals surface area contributed by atoms with E-state index in [0.29, 0.717) is 36.9 Å². The van der Waals surface area contributed by atoms with Gasteiger partial charge in [0.05, 0.1) is 25.2 Å². The molecule has 0 aliphatic carbocycles. The number of ether oxygens (including phenoxy) is 1. The molecular weight excluding hydrogens is 412 g/mol. The van der Waals surface area contributed by atoms with Crippen molar-refractivity contribution < 1.29 is 17.9 Å². The van der Waals surface area contributed by atoms with Crippen LogP contribution in [0.15, 0.2) is 48.5 Å². The van der Waals surface area contributed by atoms with Gasteiger partial charge in [-0.15, -0.1) is 0 Å². The Bertz CT molecular complexity index is 904. The lowest BCUT2D eigenvalue weighted by atomic mass is 10.2. The molecule has 0 saturated heterocycles. The molecule has 2 aromatic rings. The van der Waals surface area contributed by atoms with Gasteiger partial charge < -0.3 is 10.1 Å². The molecule has 0 saturated carbocycles. The molecule has 29 heavy (non-hydrogen) atoms. The molecule has 2 aromatic carbocycles. The maximum Gasteiger partial charge on any atom is 0.232 e. The fraction of sp³-hybridized carbons (Fsp3) is 0.381. The minimum Gasteiger partial charge on any atom is -0.375 e. The molecule has 0 unspecified atom stereocenters. The zero-order chi connectivity index (χ0) is 21.3. The van der Waals surface area contributed by atoms with E-state index in [2.05, 4.69) is 5.32 Å². The predicted molar refractivity (Wildman–Crippen MR) is 117 cm³/mol. The Balaban J connectivity index is 1.74. The van der Waals surface area contributed by atoms with Crippen LogP contribution < -0.4 is 9.62 Å². The van der Waals surface area contributed by atoms with E-state index in [1.165, 1.54) is 4.31 Å². The predicted octanol–water partition coefficient (Wildman–Crippen LogP) is 3.53. The van der Waals surface area contributed by atoms with Gasteiger partial charge in [0.25, 0.3) is 0 Å². The SMILES string of the molecule is Cc1cc(Cl)ccc1N(CCCC(=O)NCCOCc1ccccc1)S(C)(=O)=O. The molecule has 1 amide bonds. The smallest absolute Gasteiger partial charge is 0.232 e. The Morgan fingerprint density at radius 1 is 1.17 bits per heavy atom. The molecule has 8 heteroatoms. The third-order valence-electron chi connectivity index (χ3n) is 4.27. The van der Waals surface area contributed by atoms with Crippen LogP contribution in [-0.4, -0.2) is 40.3 Å². The van der Waals surface area contributed by atoms with Gasteiger partial charge in [-0.25, -0.2) is 8.42 Å². The molecule has 6 nitrogen and oxygen atoms in total. The van der Waals surface area contributed by atoms with Gasteiger partial charge in [0.1, 0.15) is 0 Å². The highest BCUT2D eigenvalue weighted by Gasteiger charge is 2.19. The molecule has 0 aliphatic heterocycles. The normalized spacial score (nSPS) is 11.3. The maximum absolute atomic E-state index is 12.2. The van der Waals surface area contributed by atoms with E-state index >= 15 is 0 Å². The molecule has 1 N–H and O–H groups in total. The van der Waals surface area contributed by atoms with E-state index in [1.807, 2.05) is 37.3 Å². The first-order valence-electron chi connectivity index (χ1n) is 9.39. The second-order valence-electron chi connectivity index (χ2n) is 6.76. The van der Waals surface area contributed by atoms with Crippen LogP contribution in [0.5, 0.6) is 0 Å². The third-order valence-corrected chi connectivity index (χ3v) is 5.69. The zero-order valence-corrected chi connectivity index (χ0v) is 18.3. The first kappa shape index (κ1) is 23.2. The second-order valence-corrected chi connectivity index (χ2v) is 9.10. The molecule has 158 valence electrons. The summed E-state index contributed by atoms with van der Waals surface area (Å²) in [6.45, 7) is 3.36. The van der Waals surface area contributed by atoms with Crippen molar-refractivity contribution in [3.8, 4) is 0 Å². The summed E-state index contributed by atoms with van der Waals surface area (Å²) in [5.74, 6) is -0.130. The van der Waals surface area contributed by atoms with Crippen LogP contribution in [0.3, 0.4) is 0 Å². The van der Waals surface area contributed by atoms with E-state index < -0.39 is 10.0 Å². The van der Waals surface area contributed by atoms with Gasteiger partial charge in [0.15, 0.2) is 0 Å². The van der Waals surface area contributed by atoms with Crippen molar-refractivity contribution in [3.63, 3.8) is 0 Å². The summed E-state index contributed by atoms with van der Waals surface area (Å²) in [5.41, 5.74) is 2.42. The number of rotatable bonds is 11. The Morgan fingerprint density at radius 2 is 1.90 bits per heavy atom. The number of amides is 1. The fourth-order valence-electron chi connectivity index (χ4n) is 2.86. The first-order chi connectivity index (χ1) is 13.8. The lowest BCUT2D eigenvalue weighted by Gasteiger charge is -2.24. The molecule has 0 fully saturated rings. The summed E-state index contributed by atoms with van der Waals surface area (Å²) in [6, 6.07) is 14.9. The summed E-state index contributed by atoms with van der Waals surface area (Å²) in [7, 11) is -3.46. The Kier molecular flexibility index (Phi) is 8.95. The van der Waals surface area contributed by atoms with Crippen LogP contribution in [0.1, 0.15) is 24.0 Å². The van der Waals surface area contributed by atoms with Crippen molar-refractivity contribution in [2.45, 2.75) is 26.4 Å². The number of benzene rings is 2. The minimum absolute atomic E-state index is 0.130. The molecule has 0 atom stereocenters. The Morgan fingerprint density at radius 3 is 2.55 bits per heavy atom. The van der Waals surface area contributed by atoms with Gasteiger partial charge >= 0.3 is 0 Å². The van der Waals surface area contributed by atoms with E-state index in [0.717, 1.165) is 17.4 Å². The molecular formula is C21H27ClN2O4S. The summed E-state index contributed by atoms with van der Waals surface area (Å²) >= 11 is 5.96. The van der Waals surface area contributed by atoms with Crippen molar-refractivity contribution in [3.05, 3.63) is 64.7 Å². The van der Waals surface area contributed by atoms with Crippen molar-refractivity contribution >= 4 is 33.2 Å². The number of nitrogens with one attached hydrogen (secondary N) is 1. The van der Waals surface area contributed by atoms with Crippen molar-refractivity contribution in [1.82, 2.24) is 5.32 Å². The van der Waals surface area contributed by atoms with Crippen LogP contribution >= 0.6 is 11.6 Å². The molecule has 2 rings (SSSR count). The lowest BCUT2D eigenvalue weighted by Crippen LogP contribution is -2.33. The van der Waals surface area contributed by atoms with Crippen molar-refractivity contribution in [2.75, 3.05) is 30.3 Å². The van der Waals surface area contributed by atoms with Crippen LogP contribution in [0.25, 0.3) is 0 Å². The number of carbonyl (C=O) groups excluding carboxylic acids is 1. The number of nitrogens with zero attached hydrogens (tertiary/aromatic N) is 1. The largest absolute Gasteiger partial charge is 0.375 e. The number of anilines is 1. The van der Waals surface area contributed by atoms with Crippen LogP contribution in [0, 0.1) is 6.92 Å². The topological polar surface area (TPSA) is 75.7 Å². The number of hydrogen-bond acceptors (Lipinski definition) is 4. The number of hydrogen-bond donors (Lipinski definition) is 1. The van der Waals surface area contributed by atoms with E-state index in [1.54, 1.807) is 18.2 Å². The Labute approximate surface area is 177 Å². The molecule has 0 aromatic heterocycles. The number of halogens is 1. The van der Waals surface area contributed by atoms with Crippen molar-refractivity contribution in [2.24, 2.45) is 0 Å². The van der Waals surface area contributed by atoms with E-state index in [-0.39, 0.29) is 18.9 Å². The minimum atomic E-state index is -3.46. The number of sulfonamides is 1.